The van der Waals surface area contributed by atoms with Crippen molar-refractivity contribution in [2.75, 3.05) is 19.5 Å². The van der Waals surface area contributed by atoms with Crippen molar-refractivity contribution in [1.29, 1.82) is 0 Å². The fourth-order valence-electron chi connectivity index (χ4n) is 3.61. The van der Waals surface area contributed by atoms with Gasteiger partial charge in [-0.05, 0) is 47.5 Å². The average Bonchev–Trinajstić information content (AvgIpc) is 2.98. The largest absolute Gasteiger partial charge is 0.493 e. The SMILES string of the molecule is COc1ccc([C@@H]2CC(c3cccc(NC(C)=O)c3)=Nc3ccccc3S2)cc1OC. The fraction of sp³-hybridized carbons (Fsp3) is 0.200. The number of nitrogens with zero attached hydrogens (tertiary/aromatic N) is 1. The average molecular weight is 433 g/mol. The molecule has 1 N–H and O–H groups in total. The molecule has 0 radical (unpaired) electrons. The summed E-state index contributed by atoms with van der Waals surface area (Å²) < 4.78 is 10.9. The molecule has 158 valence electrons. The highest BCUT2D eigenvalue weighted by Crippen LogP contribution is 2.46. The van der Waals surface area contributed by atoms with Crippen LogP contribution in [-0.4, -0.2) is 25.8 Å². The summed E-state index contributed by atoms with van der Waals surface area (Å²) in [4.78, 5) is 17.6. The number of fused-ring (bicyclic) bond motifs is 1. The Balaban J connectivity index is 1.76. The molecule has 31 heavy (non-hydrogen) atoms. The van der Waals surface area contributed by atoms with Crippen LogP contribution < -0.4 is 14.8 Å². The van der Waals surface area contributed by atoms with Gasteiger partial charge in [-0.25, -0.2) is 0 Å². The first kappa shape index (κ1) is 21.0. The predicted octanol–water partition coefficient (Wildman–Crippen LogP) is 6.02. The van der Waals surface area contributed by atoms with Crippen LogP contribution in [0.1, 0.15) is 29.7 Å². The zero-order valence-electron chi connectivity index (χ0n) is 17.7. The number of ether oxygens (including phenoxy) is 2. The minimum Gasteiger partial charge on any atom is -0.493 e. The fourth-order valence-corrected chi connectivity index (χ4v) is 4.83. The molecule has 0 aliphatic carbocycles. The highest BCUT2D eigenvalue weighted by molar-refractivity contribution is 7.99. The molecule has 0 fully saturated rings. The van der Waals surface area contributed by atoms with E-state index in [-0.39, 0.29) is 11.2 Å². The topological polar surface area (TPSA) is 59.9 Å². The van der Waals surface area contributed by atoms with Crippen LogP contribution in [0.15, 0.2) is 76.6 Å². The number of carbonyl (C=O) groups excluding carboxylic acids is 1. The first-order valence-electron chi connectivity index (χ1n) is 10.0. The van der Waals surface area contributed by atoms with Crippen LogP contribution in [0.2, 0.25) is 0 Å². The molecule has 0 unspecified atom stereocenters. The second kappa shape index (κ2) is 9.27. The Kier molecular flexibility index (Phi) is 6.28. The molecule has 4 rings (SSSR count). The van der Waals surface area contributed by atoms with Gasteiger partial charge in [0.1, 0.15) is 0 Å². The third-order valence-electron chi connectivity index (χ3n) is 5.06. The molecule has 0 bridgehead atoms. The van der Waals surface area contributed by atoms with E-state index in [4.69, 9.17) is 14.5 Å². The summed E-state index contributed by atoms with van der Waals surface area (Å²) in [5, 5.41) is 3.01. The number of thioether (sulfide) groups is 1. The maximum Gasteiger partial charge on any atom is 0.221 e. The number of nitrogens with one attached hydrogen (secondary N) is 1. The number of hydrogen-bond acceptors (Lipinski definition) is 5. The lowest BCUT2D eigenvalue weighted by atomic mass is 10.0. The molecule has 1 aliphatic heterocycles. The van der Waals surface area contributed by atoms with Crippen molar-refractivity contribution in [2.24, 2.45) is 4.99 Å². The molecule has 1 aliphatic rings. The number of anilines is 1. The number of methoxy groups -OCH3 is 2. The molecular formula is C25H24N2O3S. The van der Waals surface area contributed by atoms with Gasteiger partial charge in [0, 0.05) is 34.9 Å². The number of rotatable bonds is 5. The quantitative estimate of drug-likeness (QED) is 0.536. The van der Waals surface area contributed by atoms with Gasteiger partial charge in [-0.1, -0.05) is 30.3 Å². The molecule has 1 atom stereocenters. The van der Waals surface area contributed by atoms with Gasteiger partial charge in [0.2, 0.25) is 5.91 Å². The minimum absolute atomic E-state index is 0.0935. The van der Waals surface area contributed by atoms with Gasteiger partial charge in [0.15, 0.2) is 11.5 Å². The van der Waals surface area contributed by atoms with Crippen LogP contribution >= 0.6 is 11.8 Å². The molecule has 5 nitrogen and oxygen atoms in total. The second-order valence-corrected chi connectivity index (χ2v) is 8.46. The second-order valence-electron chi connectivity index (χ2n) is 7.21. The van der Waals surface area contributed by atoms with E-state index in [1.54, 1.807) is 26.0 Å². The third-order valence-corrected chi connectivity index (χ3v) is 6.39. The Labute approximate surface area is 186 Å². The van der Waals surface area contributed by atoms with Gasteiger partial charge >= 0.3 is 0 Å². The van der Waals surface area contributed by atoms with Crippen molar-refractivity contribution in [3.05, 3.63) is 77.9 Å². The summed E-state index contributed by atoms with van der Waals surface area (Å²) in [6.07, 6.45) is 0.734. The van der Waals surface area contributed by atoms with E-state index in [1.807, 2.05) is 54.6 Å². The number of benzene rings is 3. The van der Waals surface area contributed by atoms with E-state index in [1.165, 1.54) is 6.92 Å². The van der Waals surface area contributed by atoms with E-state index in [0.29, 0.717) is 11.5 Å². The Hall–Kier alpha value is -3.25. The van der Waals surface area contributed by atoms with Crippen molar-refractivity contribution >= 4 is 34.8 Å². The molecule has 3 aromatic rings. The van der Waals surface area contributed by atoms with E-state index in [2.05, 4.69) is 17.4 Å². The van der Waals surface area contributed by atoms with Crippen LogP contribution in [0.5, 0.6) is 11.5 Å². The molecule has 0 aromatic heterocycles. The molecule has 0 saturated carbocycles. The molecule has 0 spiro atoms. The van der Waals surface area contributed by atoms with Crippen LogP contribution in [-0.2, 0) is 4.79 Å². The summed E-state index contributed by atoms with van der Waals surface area (Å²) >= 11 is 1.80. The monoisotopic (exact) mass is 432 g/mol. The van der Waals surface area contributed by atoms with E-state index >= 15 is 0 Å². The van der Waals surface area contributed by atoms with E-state index in [9.17, 15) is 4.79 Å². The number of aliphatic imine (C=N–C) groups is 1. The number of hydrogen-bond donors (Lipinski definition) is 1. The third kappa shape index (κ3) is 4.75. The zero-order valence-corrected chi connectivity index (χ0v) is 18.5. The first-order valence-corrected chi connectivity index (χ1v) is 10.9. The van der Waals surface area contributed by atoms with Gasteiger partial charge in [-0.2, -0.15) is 0 Å². The van der Waals surface area contributed by atoms with Gasteiger partial charge < -0.3 is 14.8 Å². The van der Waals surface area contributed by atoms with Crippen LogP contribution in [0, 0.1) is 0 Å². The lowest BCUT2D eigenvalue weighted by Crippen LogP contribution is -2.09. The first-order chi connectivity index (χ1) is 15.1. The molecule has 3 aromatic carbocycles. The maximum atomic E-state index is 11.5. The predicted molar refractivity (Wildman–Crippen MR) is 126 cm³/mol. The molecular weight excluding hydrogens is 408 g/mol. The summed E-state index contributed by atoms with van der Waals surface area (Å²) in [5.74, 6) is 1.33. The zero-order chi connectivity index (χ0) is 21.8. The highest BCUT2D eigenvalue weighted by Gasteiger charge is 2.23. The number of carbonyl (C=O) groups is 1. The van der Waals surface area contributed by atoms with Crippen LogP contribution in [0.3, 0.4) is 0 Å². The number of para-hydroxylation sites is 1. The standard InChI is InChI=1S/C25H24N2O3S/c1-16(28)26-19-8-6-7-17(13-19)21-15-25(31-24-10-5-4-9-20(24)27-21)18-11-12-22(29-2)23(14-18)30-3/h4-14,25H,15H2,1-3H3,(H,26,28)/t25-/m0/s1. The molecule has 6 heteroatoms. The summed E-state index contributed by atoms with van der Waals surface area (Å²) in [6.45, 7) is 1.51. The van der Waals surface area contributed by atoms with Gasteiger partial charge in [-0.3, -0.25) is 9.79 Å². The highest BCUT2D eigenvalue weighted by atomic mass is 32.2. The Morgan fingerprint density at radius 1 is 1.00 bits per heavy atom. The Bertz CT molecular complexity index is 1140. The van der Waals surface area contributed by atoms with Crippen LogP contribution in [0.4, 0.5) is 11.4 Å². The molecule has 1 heterocycles. The van der Waals surface area contributed by atoms with Crippen molar-refractivity contribution < 1.29 is 14.3 Å². The van der Waals surface area contributed by atoms with E-state index in [0.717, 1.165) is 39.5 Å². The van der Waals surface area contributed by atoms with Crippen LogP contribution in [0.25, 0.3) is 0 Å². The molecule has 0 saturated heterocycles. The number of amides is 1. The summed E-state index contributed by atoms with van der Waals surface area (Å²) in [5.41, 5.74) is 4.83. The summed E-state index contributed by atoms with van der Waals surface area (Å²) in [6, 6.07) is 22.1. The van der Waals surface area contributed by atoms with Gasteiger partial charge in [0.05, 0.1) is 19.9 Å². The van der Waals surface area contributed by atoms with Crippen molar-refractivity contribution in [1.82, 2.24) is 0 Å². The lowest BCUT2D eigenvalue weighted by Gasteiger charge is -2.18. The Morgan fingerprint density at radius 2 is 1.81 bits per heavy atom. The lowest BCUT2D eigenvalue weighted by molar-refractivity contribution is -0.114. The van der Waals surface area contributed by atoms with Crippen molar-refractivity contribution in [3.63, 3.8) is 0 Å². The van der Waals surface area contributed by atoms with Crippen molar-refractivity contribution in [3.8, 4) is 11.5 Å². The maximum absolute atomic E-state index is 11.5. The normalized spacial score (nSPS) is 15.3. The molecule has 1 amide bonds. The minimum atomic E-state index is -0.0935. The van der Waals surface area contributed by atoms with Gasteiger partial charge in [-0.15, -0.1) is 11.8 Å². The van der Waals surface area contributed by atoms with E-state index < -0.39 is 0 Å². The van der Waals surface area contributed by atoms with Crippen molar-refractivity contribution in [2.45, 2.75) is 23.5 Å². The Morgan fingerprint density at radius 3 is 2.58 bits per heavy atom. The smallest absolute Gasteiger partial charge is 0.221 e. The summed E-state index contributed by atoms with van der Waals surface area (Å²) in [7, 11) is 3.29. The van der Waals surface area contributed by atoms with Gasteiger partial charge in [0.25, 0.3) is 0 Å².